The Morgan fingerprint density at radius 3 is 2.67 bits per heavy atom. The number of phenolic OH excluding ortho intramolecular Hbond substituents is 1. The Balaban J connectivity index is 2.46. The predicted octanol–water partition coefficient (Wildman–Crippen LogP) is 2.46. The van der Waals surface area contributed by atoms with Gasteiger partial charge in [-0.25, -0.2) is 4.79 Å². The second-order valence-electron chi connectivity index (χ2n) is 3.65. The monoisotopic (exact) mass is 240 g/mol. The molecule has 90 valence electrons. The largest absolute Gasteiger partial charge is 0.507 e. The SMILES string of the molecule is CCOC(=O)C#Cc1ccc(O)c2ccccc12. The number of phenols is 1. The van der Waals surface area contributed by atoms with E-state index in [0.717, 1.165) is 5.39 Å². The Bertz CT molecular complexity index is 648. The summed E-state index contributed by atoms with van der Waals surface area (Å²) in [6.07, 6.45) is 0. The van der Waals surface area contributed by atoms with Gasteiger partial charge < -0.3 is 9.84 Å². The third-order valence-electron chi connectivity index (χ3n) is 2.48. The lowest BCUT2D eigenvalue weighted by atomic mass is 10.0. The summed E-state index contributed by atoms with van der Waals surface area (Å²) in [6.45, 7) is 2.04. The zero-order valence-electron chi connectivity index (χ0n) is 9.93. The van der Waals surface area contributed by atoms with Gasteiger partial charge in [-0.1, -0.05) is 30.2 Å². The van der Waals surface area contributed by atoms with E-state index >= 15 is 0 Å². The van der Waals surface area contributed by atoms with Crippen LogP contribution in [0.5, 0.6) is 5.75 Å². The lowest BCUT2D eigenvalue weighted by molar-refractivity contribution is -0.136. The van der Waals surface area contributed by atoms with E-state index in [9.17, 15) is 9.90 Å². The van der Waals surface area contributed by atoms with Crippen molar-refractivity contribution in [1.29, 1.82) is 0 Å². The Morgan fingerprint density at radius 1 is 1.22 bits per heavy atom. The van der Waals surface area contributed by atoms with Crippen LogP contribution in [0.1, 0.15) is 12.5 Å². The number of carbonyl (C=O) groups is 1. The molecule has 0 bridgehead atoms. The fourth-order valence-corrected chi connectivity index (χ4v) is 1.68. The lowest BCUT2D eigenvalue weighted by Crippen LogP contribution is -1.99. The average Bonchev–Trinajstić information content (AvgIpc) is 2.39. The molecule has 0 spiro atoms. The number of aromatic hydroxyl groups is 1. The van der Waals surface area contributed by atoms with Crippen molar-refractivity contribution in [3.63, 3.8) is 0 Å². The minimum atomic E-state index is -0.547. The van der Waals surface area contributed by atoms with Crippen molar-refractivity contribution in [3.05, 3.63) is 42.0 Å². The normalized spacial score (nSPS) is 9.61. The van der Waals surface area contributed by atoms with Crippen molar-refractivity contribution in [1.82, 2.24) is 0 Å². The van der Waals surface area contributed by atoms with E-state index in [1.807, 2.05) is 18.2 Å². The summed E-state index contributed by atoms with van der Waals surface area (Å²) < 4.78 is 4.74. The summed E-state index contributed by atoms with van der Waals surface area (Å²) in [4.78, 5) is 11.2. The molecule has 0 radical (unpaired) electrons. The second-order valence-corrected chi connectivity index (χ2v) is 3.65. The molecule has 0 fully saturated rings. The van der Waals surface area contributed by atoms with Gasteiger partial charge in [0.05, 0.1) is 6.61 Å². The van der Waals surface area contributed by atoms with Crippen LogP contribution in [0, 0.1) is 11.8 Å². The molecule has 0 saturated heterocycles. The molecule has 2 rings (SSSR count). The van der Waals surface area contributed by atoms with Crippen molar-refractivity contribution in [2.24, 2.45) is 0 Å². The van der Waals surface area contributed by atoms with Crippen molar-refractivity contribution in [2.45, 2.75) is 6.92 Å². The summed E-state index contributed by atoms with van der Waals surface area (Å²) in [5.41, 5.74) is 0.691. The highest BCUT2D eigenvalue weighted by Crippen LogP contribution is 2.26. The van der Waals surface area contributed by atoms with Gasteiger partial charge in [-0.05, 0) is 19.1 Å². The molecule has 2 aromatic rings. The first-order chi connectivity index (χ1) is 8.72. The molecule has 3 nitrogen and oxygen atoms in total. The highest BCUT2D eigenvalue weighted by molar-refractivity contribution is 5.95. The Labute approximate surface area is 105 Å². The molecular formula is C15H12O3. The van der Waals surface area contributed by atoms with Crippen LogP contribution in [-0.4, -0.2) is 17.7 Å². The zero-order chi connectivity index (χ0) is 13.0. The number of hydrogen-bond acceptors (Lipinski definition) is 3. The standard InChI is InChI=1S/C15H12O3/c1-2-18-15(17)10-8-11-7-9-14(16)13-6-4-3-5-12(11)13/h3-7,9,16H,2H2,1H3. The number of esters is 1. The maximum Gasteiger partial charge on any atom is 0.384 e. The first-order valence-electron chi connectivity index (χ1n) is 5.62. The summed E-state index contributed by atoms with van der Waals surface area (Å²) in [5.74, 6) is 4.84. The van der Waals surface area contributed by atoms with Crippen molar-refractivity contribution in [3.8, 4) is 17.6 Å². The minimum absolute atomic E-state index is 0.201. The molecule has 0 heterocycles. The maximum atomic E-state index is 11.2. The van der Waals surface area contributed by atoms with Crippen LogP contribution >= 0.6 is 0 Å². The van der Waals surface area contributed by atoms with Crippen molar-refractivity contribution in [2.75, 3.05) is 6.61 Å². The van der Waals surface area contributed by atoms with Crippen molar-refractivity contribution < 1.29 is 14.6 Å². The highest BCUT2D eigenvalue weighted by Gasteiger charge is 2.02. The first-order valence-corrected chi connectivity index (χ1v) is 5.62. The van der Waals surface area contributed by atoms with E-state index in [-0.39, 0.29) is 5.75 Å². The van der Waals surface area contributed by atoms with Crippen LogP contribution in [0.2, 0.25) is 0 Å². The van der Waals surface area contributed by atoms with E-state index < -0.39 is 5.97 Å². The van der Waals surface area contributed by atoms with Crippen LogP contribution in [0.15, 0.2) is 36.4 Å². The summed E-state index contributed by atoms with van der Waals surface area (Å²) in [6, 6.07) is 10.6. The van der Waals surface area contributed by atoms with Crippen LogP contribution in [-0.2, 0) is 9.53 Å². The van der Waals surface area contributed by atoms with Gasteiger partial charge in [0.1, 0.15) is 5.75 Å². The third-order valence-corrected chi connectivity index (χ3v) is 2.48. The van der Waals surface area contributed by atoms with E-state index in [0.29, 0.717) is 17.6 Å². The summed E-state index contributed by atoms with van der Waals surface area (Å²) in [7, 11) is 0. The van der Waals surface area contributed by atoms with Gasteiger partial charge in [0.2, 0.25) is 0 Å². The first kappa shape index (κ1) is 12.0. The number of ether oxygens (including phenoxy) is 1. The van der Waals surface area contributed by atoms with Gasteiger partial charge in [0.15, 0.2) is 0 Å². The number of rotatable bonds is 1. The minimum Gasteiger partial charge on any atom is -0.507 e. The van der Waals surface area contributed by atoms with Gasteiger partial charge in [-0.15, -0.1) is 0 Å². The number of carbonyl (C=O) groups excluding carboxylic acids is 1. The molecule has 0 amide bonds. The van der Waals surface area contributed by atoms with E-state index in [4.69, 9.17) is 4.74 Å². The summed E-state index contributed by atoms with van der Waals surface area (Å²) >= 11 is 0. The highest BCUT2D eigenvalue weighted by atomic mass is 16.5. The number of benzene rings is 2. The molecule has 0 atom stereocenters. The number of fused-ring (bicyclic) bond motifs is 1. The predicted molar refractivity (Wildman–Crippen MR) is 69.1 cm³/mol. The van der Waals surface area contributed by atoms with Crippen LogP contribution in [0.25, 0.3) is 10.8 Å². The van der Waals surface area contributed by atoms with Gasteiger partial charge in [-0.3, -0.25) is 0 Å². The molecule has 0 saturated carbocycles. The third kappa shape index (κ3) is 2.44. The topological polar surface area (TPSA) is 46.5 Å². The van der Waals surface area contributed by atoms with Gasteiger partial charge in [0.25, 0.3) is 0 Å². The quantitative estimate of drug-likeness (QED) is 0.615. The summed E-state index contributed by atoms with van der Waals surface area (Å²) in [5, 5.41) is 11.2. The second kappa shape index (κ2) is 5.24. The lowest BCUT2D eigenvalue weighted by Gasteiger charge is -2.02. The molecule has 18 heavy (non-hydrogen) atoms. The molecule has 3 heteroatoms. The van der Waals surface area contributed by atoms with Gasteiger partial charge in [0, 0.05) is 22.3 Å². The Morgan fingerprint density at radius 2 is 1.94 bits per heavy atom. The smallest absolute Gasteiger partial charge is 0.384 e. The van der Waals surface area contributed by atoms with Crippen LogP contribution in [0.3, 0.4) is 0 Å². The zero-order valence-corrected chi connectivity index (χ0v) is 9.93. The van der Waals surface area contributed by atoms with E-state index in [1.165, 1.54) is 0 Å². The molecule has 0 aromatic heterocycles. The van der Waals surface area contributed by atoms with Gasteiger partial charge in [-0.2, -0.15) is 0 Å². The number of hydrogen-bond donors (Lipinski definition) is 1. The Kier molecular flexibility index (Phi) is 3.49. The molecular weight excluding hydrogens is 228 g/mol. The maximum absolute atomic E-state index is 11.2. The molecule has 0 unspecified atom stereocenters. The molecule has 0 aliphatic heterocycles. The van der Waals surface area contributed by atoms with Crippen LogP contribution in [0.4, 0.5) is 0 Å². The average molecular weight is 240 g/mol. The van der Waals surface area contributed by atoms with Gasteiger partial charge >= 0.3 is 5.97 Å². The fraction of sp³-hybridized carbons (Fsp3) is 0.133. The molecule has 1 N–H and O–H groups in total. The molecule has 2 aromatic carbocycles. The fourth-order valence-electron chi connectivity index (χ4n) is 1.68. The van der Waals surface area contributed by atoms with E-state index in [2.05, 4.69) is 11.8 Å². The van der Waals surface area contributed by atoms with Crippen LogP contribution < -0.4 is 0 Å². The molecule has 0 aliphatic rings. The van der Waals surface area contributed by atoms with Crippen molar-refractivity contribution >= 4 is 16.7 Å². The Hall–Kier alpha value is -2.47. The van der Waals surface area contributed by atoms with E-state index in [1.54, 1.807) is 25.1 Å². The molecule has 0 aliphatic carbocycles.